The van der Waals surface area contributed by atoms with Crippen molar-refractivity contribution in [2.75, 3.05) is 6.61 Å². The highest BCUT2D eigenvalue weighted by molar-refractivity contribution is 5.68. The van der Waals surface area contributed by atoms with Crippen molar-refractivity contribution in [2.24, 2.45) is 0 Å². The van der Waals surface area contributed by atoms with Crippen LogP contribution in [0.5, 0.6) is 0 Å². The Morgan fingerprint density at radius 2 is 1.54 bits per heavy atom. The summed E-state index contributed by atoms with van der Waals surface area (Å²) in [5.41, 5.74) is 2.15. The van der Waals surface area contributed by atoms with Crippen molar-refractivity contribution in [3.8, 4) is 0 Å². The molecule has 0 saturated heterocycles. The molecule has 0 aliphatic heterocycles. The van der Waals surface area contributed by atoms with E-state index in [0.29, 0.717) is 6.42 Å². The fourth-order valence-corrected chi connectivity index (χ4v) is 3.24. The van der Waals surface area contributed by atoms with Crippen LogP contribution in [-0.2, 0) is 17.6 Å². The minimum atomic E-state index is -0.514. The first kappa shape index (κ1) is 24.5. The van der Waals surface area contributed by atoms with Crippen LogP contribution in [0.25, 0.3) is 0 Å². The minimum Gasteiger partial charge on any atom is -0.444 e. The number of rotatable bonds is 13. The normalized spacial score (nSPS) is 12.6. The van der Waals surface area contributed by atoms with E-state index in [2.05, 4.69) is 36.5 Å². The maximum absolute atomic E-state index is 12.0. The molecule has 0 aromatic heterocycles. The summed E-state index contributed by atoms with van der Waals surface area (Å²) in [5, 5.41) is 12.2. The number of unbranched alkanes of at least 4 members (excludes halogenated alkanes) is 5. The molecule has 2 N–H and O–H groups in total. The standard InChI is InChI=1S/C24H41NO3/c1-5-6-7-8-9-10-11-20-12-14-21(15-13-20)16-17-22(18-19-26)25-23(27)28-24(2,3)4/h12-15,22,26H,5-11,16-19H2,1-4H3,(H,25,27). The Morgan fingerprint density at radius 3 is 2.11 bits per heavy atom. The van der Waals surface area contributed by atoms with Gasteiger partial charge in [-0.05, 0) is 64.0 Å². The number of amides is 1. The van der Waals surface area contributed by atoms with Gasteiger partial charge < -0.3 is 15.2 Å². The number of carbonyl (C=O) groups excluding carboxylic acids is 1. The van der Waals surface area contributed by atoms with Gasteiger partial charge in [-0.3, -0.25) is 0 Å². The summed E-state index contributed by atoms with van der Waals surface area (Å²) in [4.78, 5) is 12.0. The molecule has 0 fully saturated rings. The number of aryl methyl sites for hydroxylation is 2. The lowest BCUT2D eigenvalue weighted by Crippen LogP contribution is -2.39. The number of hydrogen-bond acceptors (Lipinski definition) is 3. The largest absolute Gasteiger partial charge is 0.444 e. The van der Waals surface area contributed by atoms with Crippen LogP contribution in [-0.4, -0.2) is 29.4 Å². The van der Waals surface area contributed by atoms with E-state index in [1.165, 1.54) is 49.7 Å². The van der Waals surface area contributed by atoms with Crippen LogP contribution in [0.2, 0.25) is 0 Å². The molecule has 1 aromatic rings. The molecule has 0 bridgehead atoms. The van der Waals surface area contributed by atoms with Gasteiger partial charge in [0.05, 0.1) is 0 Å². The van der Waals surface area contributed by atoms with Gasteiger partial charge >= 0.3 is 6.09 Å². The van der Waals surface area contributed by atoms with Crippen LogP contribution in [0.4, 0.5) is 4.79 Å². The Bertz CT molecular complexity index is 534. The molecule has 4 nitrogen and oxygen atoms in total. The van der Waals surface area contributed by atoms with Crippen molar-refractivity contribution in [1.82, 2.24) is 5.32 Å². The summed E-state index contributed by atoms with van der Waals surface area (Å²) in [6, 6.07) is 8.75. The maximum atomic E-state index is 12.0. The molecule has 0 aliphatic rings. The summed E-state index contributed by atoms with van der Waals surface area (Å²) in [7, 11) is 0. The van der Waals surface area contributed by atoms with Gasteiger partial charge in [0.2, 0.25) is 0 Å². The fourth-order valence-electron chi connectivity index (χ4n) is 3.24. The van der Waals surface area contributed by atoms with Crippen molar-refractivity contribution in [3.63, 3.8) is 0 Å². The van der Waals surface area contributed by atoms with Gasteiger partial charge in [0, 0.05) is 12.6 Å². The number of carbonyl (C=O) groups is 1. The number of nitrogens with one attached hydrogen (secondary N) is 1. The molecule has 0 spiro atoms. The summed E-state index contributed by atoms with van der Waals surface area (Å²) in [6.45, 7) is 7.85. The van der Waals surface area contributed by atoms with E-state index in [1.54, 1.807) is 0 Å². The van der Waals surface area contributed by atoms with Crippen molar-refractivity contribution in [2.45, 2.75) is 104 Å². The zero-order chi connectivity index (χ0) is 20.8. The van der Waals surface area contributed by atoms with E-state index in [1.807, 2.05) is 20.8 Å². The summed E-state index contributed by atoms with van der Waals surface area (Å²) in [5.74, 6) is 0. The molecule has 1 aromatic carbocycles. The quantitative estimate of drug-likeness (QED) is 0.418. The topological polar surface area (TPSA) is 58.6 Å². The average molecular weight is 392 g/mol. The lowest BCUT2D eigenvalue weighted by molar-refractivity contribution is 0.0494. The summed E-state index contributed by atoms with van der Waals surface area (Å²) < 4.78 is 5.32. The zero-order valence-electron chi connectivity index (χ0n) is 18.4. The van der Waals surface area contributed by atoms with Crippen LogP contribution >= 0.6 is 0 Å². The number of alkyl carbamates (subject to hydrolysis) is 1. The number of ether oxygens (including phenoxy) is 1. The first-order valence-electron chi connectivity index (χ1n) is 11.0. The molecule has 28 heavy (non-hydrogen) atoms. The third-order valence-corrected chi connectivity index (χ3v) is 4.82. The number of aliphatic hydroxyl groups is 1. The number of benzene rings is 1. The zero-order valence-corrected chi connectivity index (χ0v) is 18.4. The molecular weight excluding hydrogens is 350 g/mol. The third-order valence-electron chi connectivity index (χ3n) is 4.82. The first-order valence-corrected chi connectivity index (χ1v) is 11.0. The van der Waals surface area contributed by atoms with Crippen molar-refractivity contribution in [3.05, 3.63) is 35.4 Å². The Hall–Kier alpha value is -1.55. The Kier molecular flexibility index (Phi) is 11.9. The smallest absolute Gasteiger partial charge is 0.407 e. The molecule has 1 unspecified atom stereocenters. The highest BCUT2D eigenvalue weighted by Gasteiger charge is 2.19. The van der Waals surface area contributed by atoms with Crippen molar-refractivity contribution < 1.29 is 14.6 Å². The highest BCUT2D eigenvalue weighted by Crippen LogP contribution is 2.14. The first-order chi connectivity index (χ1) is 13.3. The van der Waals surface area contributed by atoms with E-state index in [9.17, 15) is 9.90 Å². The van der Waals surface area contributed by atoms with Gasteiger partial charge in [-0.25, -0.2) is 4.79 Å². The van der Waals surface area contributed by atoms with E-state index >= 15 is 0 Å². The maximum Gasteiger partial charge on any atom is 0.407 e. The van der Waals surface area contributed by atoms with Gasteiger partial charge in [0.1, 0.15) is 5.60 Å². The third kappa shape index (κ3) is 12.0. The number of aliphatic hydroxyl groups excluding tert-OH is 1. The second-order valence-corrected chi connectivity index (χ2v) is 8.73. The van der Waals surface area contributed by atoms with Crippen LogP contribution in [0.3, 0.4) is 0 Å². The molecule has 4 heteroatoms. The Labute approximate surface area is 172 Å². The highest BCUT2D eigenvalue weighted by atomic mass is 16.6. The van der Waals surface area contributed by atoms with Crippen LogP contribution in [0.1, 0.15) is 90.2 Å². The summed E-state index contributed by atoms with van der Waals surface area (Å²) in [6.07, 6.45) is 10.9. The molecule has 1 atom stereocenters. The predicted octanol–water partition coefficient (Wildman–Crippen LogP) is 5.80. The molecule has 1 rings (SSSR count). The molecule has 0 radical (unpaired) electrons. The molecule has 160 valence electrons. The lowest BCUT2D eigenvalue weighted by atomic mass is 10.00. The molecular formula is C24H41NO3. The lowest BCUT2D eigenvalue weighted by Gasteiger charge is -2.23. The van der Waals surface area contributed by atoms with Crippen LogP contribution in [0.15, 0.2) is 24.3 Å². The van der Waals surface area contributed by atoms with Gasteiger partial charge in [-0.1, -0.05) is 63.3 Å². The van der Waals surface area contributed by atoms with Gasteiger partial charge in [0.25, 0.3) is 0 Å². The van der Waals surface area contributed by atoms with Gasteiger partial charge in [-0.15, -0.1) is 0 Å². The molecule has 0 aliphatic carbocycles. The summed E-state index contributed by atoms with van der Waals surface area (Å²) >= 11 is 0. The number of hydrogen-bond donors (Lipinski definition) is 2. The van der Waals surface area contributed by atoms with E-state index in [0.717, 1.165) is 19.3 Å². The fraction of sp³-hybridized carbons (Fsp3) is 0.708. The average Bonchev–Trinajstić information content (AvgIpc) is 2.62. The molecule has 0 heterocycles. The van der Waals surface area contributed by atoms with Crippen LogP contribution in [0, 0.1) is 0 Å². The second kappa shape index (κ2) is 13.6. The van der Waals surface area contributed by atoms with Crippen molar-refractivity contribution in [1.29, 1.82) is 0 Å². The predicted molar refractivity (Wildman–Crippen MR) is 117 cm³/mol. The van der Waals surface area contributed by atoms with E-state index in [4.69, 9.17) is 4.74 Å². The minimum absolute atomic E-state index is 0.0532. The van der Waals surface area contributed by atoms with Gasteiger partial charge in [-0.2, -0.15) is 0 Å². The Morgan fingerprint density at radius 1 is 0.964 bits per heavy atom. The second-order valence-electron chi connectivity index (χ2n) is 8.73. The Balaban J connectivity index is 2.37. The van der Waals surface area contributed by atoms with E-state index in [-0.39, 0.29) is 12.6 Å². The monoisotopic (exact) mass is 391 g/mol. The SMILES string of the molecule is CCCCCCCCc1ccc(CCC(CCO)NC(=O)OC(C)(C)C)cc1. The van der Waals surface area contributed by atoms with Crippen LogP contribution < -0.4 is 5.32 Å². The van der Waals surface area contributed by atoms with Gasteiger partial charge in [0.15, 0.2) is 0 Å². The molecule has 0 saturated carbocycles. The van der Waals surface area contributed by atoms with E-state index < -0.39 is 11.7 Å². The van der Waals surface area contributed by atoms with Crippen molar-refractivity contribution >= 4 is 6.09 Å². The molecule has 1 amide bonds.